The molecular formula is C42H54N14O5. The Labute approximate surface area is 353 Å². The molecule has 1 atom stereocenters. The lowest BCUT2D eigenvalue weighted by molar-refractivity contribution is -0.121. The van der Waals surface area contributed by atoms with Crippen LogP contribution in [0.2, 0.25) is 0 Å². The molecule has 19 heteroatoms. The van der Waals surface area contributed by atoms with E-state index in [2.05, 4.69) is 36.3 Å². The van der Waals surface area contributed by atoms with Crippen molar-refractivity contribution in [2.75, 3.05) is 43.2 Å². The van der Waals surface area contributed by atoms with Crippen LogP contribution < -0.4 is 43.4 Å². The Morgan fingerprint density at radius 2 is 1.80 bits per heavy atom. The summed E-state index contributed by atoms with van der Waals surface area (Å²) < 4.78 is 4.53. The molecule has 1 unspecified atom stereocenters. The SMILES string of the molecule is CNC(=O)CCC(C=O)n1c(=O)n(C)c2cc(CCCCNC(=O)c3ccc(N(C)/C=C\C=C(/C=O)Nc4cc(NC)c5ncc(/C(N)=C/N(N)C(C)C)n5n4)nc3)ccc21. The fourth-order valence-corrected chi connectivity index (χ4v) is 6.43. The number of benzene rings is 1. The Bertz CT molecular complexity index is 2510. The summed E-state index contributed by atoms with van der Waals surface area (Å²) in [6, 6.07) is 10.1. The molecule has 5 rings (SSSR count). The zero-order valence-corrected chi connectivity index (χ0v) is 35.3. The minimum absolute atomic E-state index is 0.0252. The monoisotopic (exact) mass is 834 g/mol. The molecule has 0 aliphatic rings. The van der Waals surface area contributed by atoms with Crippen molar-refractivity contribution in [1.29, 1.82) is 0 Å². The Balaban J connectivity index is 1.12. The summed E-state index contributed by atoms with van der Waals surface area (Å²) >= 11 is 0. The fraction of sp³-hybridized carbons (Fsp3) is 0.333. The number of rotatable bonds is 21. The lowest BCUT2D eigenvalue weighted by atomic mass is 10.1. The molecule has 0 spiro atoms. The molecule has 0 bridgehead atoms. The Morgan fingerprint density at radius 3 is 2.48 bits per heavy atom. The van der Waals surface area contributed by atoms with Crippen molar-refractivity contribution in [3.8, 4) is 0 Å². The summed E-state index contributed by atoms with van der Waals surface area (Å²) in [5.41, 5.74) is 11.1. The minimum atomic E-state index is -0.748. The lowest BCUT2D eigenvalue weighted by Gasteiger charge is -2.19. The first-order valence-electron chi connectivity index (χ1n) is 19.8. The van der Waals surface area contributed by atoms with E-state index >= 15 is 0 Å². The predicted octanol–water partition coefficient (Wildman–Crippen LogP) is 2.82. The van der Waals surface area contributed by atoms with Crippen LogP contribution in [0, 0.1) is 0 Å². The van der Waals surface area contributed by atoms with Gasteiger partial charge in [0, 0.05) is 71.9 Å². The maximum absolute atomic E-state index is 13.1. The average Bonchev–Trinajstić information content (AvgIpc) is 3.80. The third-order valence-corrected chi connectivity index (χ3v) is 10.0. The first-order valence-corrected chi connectivity index (χ1v) is 19.8. The van der Waals surface area contributed by atoms with E-state index in [0.29, 0.717) is 70.1 Å². The van der Waals surface area contributed by atoms with Crippen LogP contribution in [-0.4, -0.2) is 91.8 Å². The third kappa shape index (κ3) is 10.9. The average molecular weight is 835 g/mol. The highest BCUT2D eigenvalue weighted by Gasteiger charge is 2.20. The van der Waals surface area contributed by atoms with Crippen LogP contribution in [0.25, 0.3) is 22.4 Å². The number of imidazole rings is 2. The molecule has 8 N–H and O–H groups in total. The van der Waals surface area contributed by atoms with Crippen LogP contribution in [0.5, 0.6) is 0 Å². The van der Waals surface area contributed by atoms with Crippen molar-refractivity contribution in [3.63, 3.8) is 0 Å². The smallest absolute Gasteiger partial charge is 0.329 e. The van der Waals surface area contributed by atoms with Gasteiger partial charge in [0.15, 0.2) is 17.8 Å². The molecule has 1 aromatic carbocycles. The molecule has 0 aliphatic carbocycles. The highest BCUT2D eigenvalue weighted by Crippen LogP contribution is 2.24. The van der Waals surface area contributed by atoms with Crippen LogP contribution in [0.15, 0.2) is 83.8 Å². The van der Waals surface area contributed by atoms with Gasteiger partial charge in [-0.3, -0.25) is 23.5 Å². The van der Waals surface area contributed by atoms with E-state index < -0.39 is 6.04 Å². The number of hydrogen-bond donors (Lipinski definition) is 6. The topological polar surface area (TPSA) is 245 Å². The van der Waals surface area contributed by atoms with Gasteiger partial charge < -0.3 is 41.7 Å². The van der Waals surface area contributed by atoms with Crippen LogP contribution in [-0.2, 0) is 27.9 Å². The number of unbranched alkanes of at least 4 members (excludes halogenated alkanes) is 1. The van der Waals surface area contributed by atoms with Crippen LogP contribution in [0.3, 0.4) is 0 Å². The maximum Gasteiger partial charge on any atom is 0.329 e. The third-order valence-electron chi connectivity index (χ3n) is 10.0. The number of anilines is 3. The fourth-order valence-electron chi connectivity index (χ4n) is 6.43. The Morgan fingerprint density at radius 1 is 1.02 bits per heavy atom. The van der Waals surface area contributed by atoms with Gasteiger partial charge in [-0.25, -0.2) is 25.1 Å². The molecule has 0 radical (unpaired) electrons. The lowest BCUT2D eigenvalue weighted by Crippen LogP contribution is -2.33. The molecule has 4 aromatic heterocycles. The standard InChI is InChI=1S/C42H54N14O5/c1-27(2)54(44)24-32(43)36-23-49-40-33(45-3)21-37(51-56(36)40)50-30(25-57)11-9-19-52(5)38-16-13-29(22-48-38)41(60)47-18-8-7-10-28-12-15-34-35(20-28)53(6)42(61)55(34)31(26-58)14-17-39(59)46-4/h9,11-13,15-16,19-27,31,45H,7-8,10,14,17-18,43-44H2,1-6H3,(H,46,59)(H,47,60)(H,50,51)/b19-9-,30-11+,32-24-. The van der Waals surface area contributed by atoms with E-state index in [1.807, 2.05) is 32.0 Å². The molecule has 61 heavy (non-hydrogen) atoms. The molecule has 4 heterocycles. The number of aryl methyl sites for hydroxylation is 2. The molecule has 19 nitrogen and oxygen atoms in total. The van der Waals surface area contributed by atoms with Gasteiger partial charge in [0.1, 0.15) is 17.8 Å². The zero-order chi connectivity index (χ0) is 44.2. The zero-order valence-electron chi connectivity index (χ0n) is 35.3. The second-order valence-corrected chi connectivity index (χ2v) is 14.6. The second kappa shape index (κ2) is 20.6. The van der Waals surface area contributed by atoms with Gasteiger partial charge in [-0.05, 0) is 81.5 Å². The van der Waals surface area contributed by atoms with E-state index in [0.717, 1.165) is 24.8 Å². The number of pyridine rings is 1. The van der Waals surface area contributed by atoms with Crippen molar-refractivity contribution in [2.45, 2.75) is 58.0 Å². The number of amides is 2. The molecule has 0 saturated carbocycles. The number of hydrogen-bond acceptors (Lipinski definition) is 14. The molecule has 5 aromatic rings. The number of aromatic nitrogens is 6. The van der Waals surface area contributed by atoms with Crippen molar-refractivity contribution in [3.05, 3.63) is 106 Å². The summed E-state index contributed by atoms with van der Waals surface area (Å²) in [6.07, 6.45) is 13.7. The van der Waals surface area contributed by atoms with Crippen LogP contribution in [0.1, 0.15) is 67.2 Å². The number of hydrazine groups is 1. The summed E-state index contributed by atoms with van der Waals surface area (Å²) in [4.78, 5) is 72.2. The molecule has 322 valence electrons. The van der Waals surface area contributed by atoms with E-state index in [1.165, 1.54) is 27.4 Å². The van der Waals surface area contributed by atoms with Gasteiger partial charge in [-0.15, -0.1) is 5.10 Å². The molecule has 2 amide bonds. The highest BCUT2D eigenvalue weighted by atomic mass is 16.2. The number of fused-ring (bicyclic) bond motifs is 2. The normalized spacial score (nSPS) is 12.5. The van der Waals surface area contributed by atoms with E-state index in [9.17, 15) is 24.0 Å². The Kier molecular flexibility index (Phi) is 15.1. The highest BCUT2D eigenvalue weighted by molar-refractivity contribution is 5.94. The van der Waals surface area contributed by atoms with Crippen LogP contribution >= 0.6 is 0 Å². The minimum Gasteiger partial charge on any atom is -0.396 e. The van der Waals surface area contributed by atoms with Crippen molar-refractivity contribution in [1.82, 2.24) is 44.4 Å². The van der Waals surface area contributed by atoms with Crippen molar-refractivity contribution >= 4 is 64.1 Å². The maximum atomic E-state index is 13.1. The van der Waals surface area contributed by atoms with Crippen LogP contribution in [0.4, 0.5) is 17.3 Å². The second-order valence-electron chi connectivity index (χ2n) is 14.6. The summed E-state index contributed by atoms with van der Waals surface area (Å²) in [5, 5.41) is 17.7. The van der Waals surface area contributed by atoms with Gasteiger partial charge in [-0.2, -0.15) is 0 Å². The number of carbonyl (C=O) groups is 4. The number of nitrogens with zero attached hydrogens (tertiary/aromatic N) is 8. The Hall–Kier alpha value is -7.28. The largest absolute Gasteiger partial charge is 0.396 e. The van der Waals surface area contributed by atoms with Crippen molar-refractivity contribution < 1.29 is 19.2 Å². The quantitative estimate of drug-likeness (QED) is 0.0156. The predicted molar refractivity (Wildman–Crippen MR) is 236 cm³/mol. The summed E-state index contributed by atoms with van der Waals surface area (Å²) in [6.45, 7) is 4.33. The number of nitrogens with one attached hydrogen (secondary N) is 4. The van der Waals surface area contributed by atoms with E-state index in [1.54, 1.807) is 79.5 Å². The molecule has 0 aliphatic heterocycles. The first-order chi connectivity index (χ1) is 29.3. The van der Waals surface area contributed by atoms with Crippen molar-refractivity contribution in [2.24, 2.45) is 18.6 Å². The molecule has 0 fully saturated rings. The summed E-state index contributed by atoms with van der Waals surface area (Å²) in [7, 11) is 6.74. The van der Waals surface area contributed by atoms with Gasteiger partial charge in [0.25, 0.3) is 5.91 Å². The van der Waals surface area contributed by atoms with Gasteiger partial charge >= 0.3 is 5.69 Å². The van der Waals surface area contributed by atoms with E-state index in [-0.39, 0.29) is 42.1 Å². The molecular weight excluding hydrogens is 781 g/mol. The number of nitrogens with two attached hydrogens (primary N) is 2. The number of carbonyl (C=O) groups excluding carboxylic acids is 4. The summed E-state index contributed by atoms with van der Waals surface area (Å²) in [5.74, 6) is 6.55. The first kappa shape index (κ1) is 44.8. The molecule has 0 saturated heterocycles. The van der Waals surface area contributed by atoms with Gasteiger partial charge in [-0.1, -0.05) is 6.07 Å². The number of aldehydes is 2. The van der Waals surface area contributed by atoms with Gasteiger partial charge in [0.2, 0.25) is 5.91 Å². The van der Waals surface area contributed by atoms with E-state index in [4.69, 9.17) is 11.6 Å². The van der Waals surface area contributed by atoms with Gasteiger partial charge in [0.05, 0.1) is 45.9 Å². The number of allylic oxidation sites excluding steroid dienone is 3.